The Morgan fingerprint density at radius 2 is 2.08 bits per heavy atom. The summed E-state index contributed by atoms with van der Waals surface area (Å²) in [7, 11) is 0. The van der Waals surface area contributed by atoms with Crippen molar-refractivity contribution in [3.8, 4) is 5.75 Å². The van der Waals surface area contributed by atoms with Gasteiger partial charge >= 0.3 is 5.97 Å². The van der Waals surface area contributed by atoms with Crippen molar-refractivity contribution >= 4 is 17.7 Å². The monoisotopic (exact) mass is 194 g/mol. The minimum absolute atomic E-state index is 0.433. The zero-order valence-corrected chi connectivity index (χ0v) is 8.14. The molecule has 0 bridgehead atoms. The van der Waals surface area contributed by atoms with E-state index in [9.17, 15) is 4.79 Å². The van der Waals surface area contributed by atoms with Gasteiger partial charge in [-0.3, -0.25) is 0 Å². The third kappa shape index (κ3) is 2.95. The number of rotatable bonds is 3. The van der Waals surface area contributed by atoms with Gasteiger partial charge in [0, 0.05) is 11.0 Å². The van der Waals surface area contributed by atoms with Crippen LogP contribution in [0.15, 0.2) is 41.8 Å². The minimum atomic E-state index is -0.433. The molecule has 1 aromatic carbocycles. The van der Waals surface area contributed by atoms with Crippen molar-refractivity contribution in [2.24, 2.45) is 0 Å². The molecule has 0 atom stereocenters. The molecule has 0 saturated carbocycles. The highest BCUT2D eigenvalue weighted by molar-refractivity contribution is 7.98. The normalized spacial score (nSPS) is 9.31. The Labute approximate surface area is 81.6 Å². The van der Waals surface area contributed by atoms with E-state index in [2.05, 4.69) is 6.58 Å². The molecule has 0 heterocycles. The summed E-state index contributed by atoms with van der Waals surface area (Å²) in [6.07, 6.45) is 3.13. The zero-order valence-electron chi connectivity index (χ0n) is 7.32. The van der Waals surface area contributed by atoms with E-state index in [0.29, 0.717) is 5.75 Å². The molecule has 0 fully saturated rings. The maximum atomic E-state index is 10.8. The lowest BCUT2D eigenvalue weighted by Crippen LogP contribution is -2.02. The third-order valence-corrected chi connectivity index (χ3v) is 2.19. The highest BCUT2D eigenvalue weighted by atomic mass is 32.2. The topological polar surface area (TPSA) is 26.3 Å². The molecule has 0 spiro atoms. The van der Waals surface area contributed by atoms with Crippen LogP contribution in [0.1, 0.15) is 0 Å². The molecule has 3 heteroatoms. The van der Waals surface area contributed by atoms with Gasteiger partial charge < -0.3 is 4.74 Å². The Morgan fingerprint density at radius 1 is 1.46 bits per heavy atom. The first-order valence-electron chi connectivity index (χ1n) is 3.74. The molecule has 1 rings (SSSR count). The van der Waals surface area contributed by atoms with E-state index in [0.717, 1.165) is 11.0 Å². The van der Waals surface area contributed by atoms with Crippen molar-refractivity contribution in [3.63, 3.8) is 0 Å². The summed E-state index contributed by atoms with van der Waals surface area (Å²) in [5.74, 6) is 0.111. The van der Waals surface area contributed by atoms with E-state index < -0.39 is 5.97 Å². The first-order chi connectivity index (χ1) is 6.26. The second-order valence-electron chi connectivity index (χ2n) is 2.30. The summed E-state index contributed by atoms with van der Waals surface area (Å²) in [6, 6.07) is 7.31. The average molecular weight is 194 g/mol. The molecule has 0 amide bonds. The Balaban J connectivity index is 2.69. The summed E-state index contributed by atoms with van der Waals surface area (Å²) in [5.41, 5.74) is 0. The number of hydrogen-bond donors (Lipinski definition) is 0. The largest absolute Gasteiger partial charge is 0.423 e. The van der Waals surface area contributed by atoms with Gasteiger partial charge in [0.1, 0.15) is 5.75 Å². The van der Waals surface area contributed by atoms with Crippen LogP contribution >= 0.6 is 11.8 Å². The quantitative estimate of drug-likeness (QED) is 0.320. The second kappa shape index (κ2) is 4.72. The van der Waals surface area contributed by atoms with E-state index in [4.69, 9.17) is 4.74 Å². The van der Waals surface area contributed by atoms with E-state index >= 15 is 0 Å². The molecule has 0 radical (unpaired) electrons. The maximum Gasteiger partial charge on any atom is 0.335 e. The first-order valence-corrected chi connectivity index (χ1v) is 4.97. The lowest BCUT2D eigenvalue weighted by molar-refractivity contribution is -0.128. The van der Waals surface area contributed by atoms with Crippen LogP contribution in [0.3, 0.4) is 0 Å². The molecule has 0 unspecified atom stereocenters. The van der Waals surface area contributed by atoms with Gasteiger partial charge in [0.2, 0.25) is 0 Å². The molecule has 0 saturated heterocycles. The van der Waals surface area contributed by atoms with Crippen molar-refractivity contribution in [3.05, 3.63) is 36.9 Å². The van der Waals surface area contributed by atoms with Crippen LogP contribution in [-0.2, 0) is 4.79 Å². The van der Waals surface area contributed by atoms with Gasteiger partial charge in [-0.25, -0.2) is 4.79 Å². The summed E-state index contributed by atoms with van der Waals surface area (Å²) in [6.45, 7) is 3.31. The van der Waals surface area contributed by atoms with E-state index in [-0.39, 0.29) is 0 Å². The molecular formula is C10H10O2S. The van der Waals surface area contributed by atoms with Crippen LogP contribution in [0.2, 0.25) is 0 Å². The predicted molar refractivity (Wildman–Crippen MR) is 54.1 cm³/mol. The Kier molecular flexibility index (Phi) is 3.58. The molecule has 2 nitrogen and oxygen atoms in total. The van der Waals surface area contributed by atoms with Gasteiger partial charge in [0.25, 0.3) is 0 Å². The summed E-state index contributed by atoms with van der Waals surface area (Å²) < 4.78 is 4.90. The molecule has 0 aliphatic carbocycles. The number of ether oxygens (including phenoxy) is 1. The van der Waals surface area contributed by atoms with E-state index in [1.165, 1.54) is 0 Å². The van der Waals surface area contributed by atoms with E-state index in [1.54, 1.807) is 23.9 Å². The molecule has 13 heavy (non-hydrogen) atoms. The summed E-state index contributed by atoms with van der Waals surface area (Å²) >= 11 is 1.64. The van der Waals surface area contributed by atoms with Crippen LogP contribution in [0.25, 0.3) is 0 Å². The van der Waals surface area contributed by atoms with Crippen molar-refractivity contribution in [1.29, 1.82) is 0 Å². The van der Waals surface area contributed by atoms with Crippen LogP contribution < -0.4 is 4.74 Å². The number of esters is 1. The summed E-state index contributed by atoms with van der Waals surface area (Å²) in [5, 5.41) is 0. The van der Waals surface area contributed by atoms with Crippen LogP contribution in [0.5, 0.6) is 5.75 Å². The third-order valence-electron chi connectivity index (χ3n) is 1.44. The fourth-order valence-corrected chi connectivity index (χ4v) is 1.21. The van der Waals surface area contributed by atoms with Crippen LogP contribution in [0.4, 0.5) is 0 Å². The molecule has 0 aliphatic rings. The Morgan fingerprint density at radius 3 is 2.54 bits per heavy atom. The molecule has 0 aromatic heterocycles. The van der Waals surface area contributed by atoms with Crippen LogP contribution in [-0.4, -0.2) is 12.2 Å². The van der Waals surface area contributed by atoms with Crippen molar-refractivity contribution in [1.82, 2.24) is 0 Å². The molecule has 0 aliphatic heterocycles. The molecule has 68 valence electrons. The molecular weight excluding hydrogens is 184 g/mol. The minimum Gasteiger partial charge on any atom is -0.423 e. The number of hydrogen-bond acceptors (Lipinski definition) is 3. The van der Waals surface area contributed by atoms with Gasteiger partial charge in [-0.15, -0.1) is 11.8 Å². The Hall–Kier alpha value is -1.22. The lowest BCUT2D eigenvalue weighted by atomic mass is 10.3. The number of carbonyl (C=O) groups excluding carboxylic acids is 1. The lowest BCUT2D eigenvalue weighted by Gasteiger charge is -2.01. The zero-order chi connectivity index (χ0) is 9.68. The Bertz CT molecular complexity index is 303. The number of carbonyl (C=O) groups is 1. The fraction of sp³-hybridized carbons (Fsp3) is 0.100. The van der Waals surface area contributed by atoms with Gasteiger partial charge in [-0.1, -0.05) is 6.58 Å². The fourth-order valence-electron chi connectivity index (χ4n) is 0.802. The second-order valence-corrected chi connectivity index (χ2v) is 3.18. The number of benzene rings is 1. The van der Waals surface area contributed by atoms with E-state index in [1.807, 2.05) is 18.4 Å². The number of thioether (sulfide) groups is 1. The van der Waals surface area contributed by atoms with Crippen molar-refractivity contribution in [2.75, 3.05) is 6.26 Å². The van der Waals surface area contributed by atoms with Gasteiger partial charge in [0.15, 0.2) is 0 Å². The summed E-state index contributed by atoms with van der Waals surface area (Å²) in [4.78, 5) is 11.9. The highest BCUT2D eigenvalue weighted by Crippen LogP contribution is 2.18. The van der Waals surface area contributed by atoms with Gasteiger partial charge in [-0.2, -0.15) is 0 Å². The van der Waals surface area contributed by atoms with Crippen molar-refractivity contribution in [2.45, 2.75) is 4.90 Å². The standard InChI is InChI=1S/C10H10O2S/c1-3-10(11)12-8-4-6-9(13-2)7-5-8/h3-7H,1H2,2H3. The molecule has 1 aromatic rings. The van der Waals surface area contributed by atoms with Crippen molar-refractivity contribution < 1.29 is 9.53 Å². The highest BCUT2D eigenvalue weighted by Gasteiger charge is 1.98. The first kappa shape index (κ1) is 9.86. The average Bonchev–Trinajstić information content (AvgIpc) is 2.19. The molecule has 0 N–H and O–H groups in total. The maximum absolute atomic E-state index is 10.8. The van der Waals surface area contributed by atoms with Crippen LogP contribution in [0, 0.1) is 0 Å². The van der Waals surface area contributed by atoms with Gasteiger partial charge in [0.05, 0.1) is 0 Å². The smallest absolute Gasteiger partial charge is 0.335 e. The SMILES string of the molecule is C=CC(=O)Oc1ccc(SC)cc1. The predicted octanol–water partition coefficient (Wildman–Crippen LogP) is 2.50. The van der Waals surface area contributed by atoms with Gasteiger partial charge in [-0.05, 0) is 30.5 Å².